The molecule has 0 bridgehead atoms. The van der Waals surface area contributed by atoms with Crippen molar-refractivity contribution in [3.8, 4) is 28.5 Å². The van der Waals surface area contributed by atoms with Gasteiger partial charge in [0.05, 0.1) is 27.0 Å². The minimum absolute atomic E-state index is 0.106. The van der Waals surface area contributed by atoms with E-state index in [1.165, 1.54) is 11.3 Å². The number of aryl methyl sites for hydroxylation is 1. The molecule has 2 aromatic carbocycles. The molecule has 1 N–H and O–H groups in total. The van der Waals surface area contributed by atoms with Gasteiger partial charge in [0.1, 0.15) is 0 Å². The molecule has 146 valence electrons. The summed E-state index contributed by atoms with van der Waals surface area (Å²) in [5, 5.41) is 5.38. The summed E-state index contributed by atoms with van der Waals surface area (Å²) in [5.74, 6) is 1.58. The molecule has 7 heteroatoms. The number of nitrogens with zero attached hydrogens (tertiary/aromatic N) is 1. The maximum Gasteiger partial charge on any atom is 0.226 e. The van der Waals surface area contributed by atoms with Crippen molar-refractivity contribution < 1.29 is 19.0 Å². The molecule has 1 aromatic heterocycles. The third-order valence-electron chi connectivity index (χ3n) is 4.23. The Kier molecular flexibility index (Phi) is 6.49. The van der Waals surface area contributed by atoms with Crippen LogP contribution in [-0.2, 0) is 11.2 Å². The molecule has 1 heterocycles. The van der Waals surface area contributed by atoms with Crippen molar-refractivity contribution in [3.05, 3.63) is 53.4 Å². The van der Waals surface area contributed by atoms with Crippen LogP contribution in [0.2, 0.25) is 0 Å². The number of hydrogen-bond donors (Lipinski definition) is 1. The van der Waals surface area contributed by atoms with Crippen molar-refractivity contribution in [2.24, 2.45) is 0 Å². The second kappa shape index (κ2) is 9.23. The summed E-state index contributed by atoms with van der Waals surface area (Å²) >= 11 is 1.41. The predicted octanol–water partition coefficient (Wildman–Crippen LogP) is 4.41. The molecule has 0 unspecified atom stereocenters. The first-order valence-electron chi connectivity index (χ1n) is 8.75. The summed E-state index contributed by atoms with van der Waals surface area (Å²) in [5.41, 5.74) is 2.75. The number of aromatic nitrogens is 1. The number of anilines is 1. The molecule has 3 aromatic rings. The van der Waals surface area contributed by atoms with Gasteiger partial charge >= 0.3 is 0 Å². The van der Waals surface area contributed by atoms with Crippen molar-refractivity contribution in [2.75, 3.05) is 26.6 Å². The topological polar surface area (TPSA) is 69.7 Å². The monoisotopic (exact) mass is 398 g/mol. The Labute approximate surface area is 168 Å². The number of hydrogen-bond acceptors (Lipinski definition) is 6. The van der Waals surface area contributed by atoms with Crippen LogP contribution in [0.15, 0.2) is 47.8 Å². The van der Waals surface area contributed by atoms with Gasteiger partial charge in [0.25, 0.3) is 0 Å². The molecule has 0 atom stereocenters. The molecule has 0 radical (unpaired) electrons. The molecule has 0 fully saturated rings. The number of carbonyl (C=O) groups excluding carboxylic acids is 1. The van der Waals surface area contributed by atoms with Crippen LogP contribution in [0, 0.1) is 0 Å². The van der Waals surface area contributed by atoms with E-state index in [2.05, 4.69) is 10.3 Å². The number of thiazole rings is 1. The quantitative estimate of drug-likeness (QED) is 0.609. The Morgan fingerprint density at radius 1 is 1.00 bits per heavy atom. The Hall–Kier alpha value is -3.06. The van der Waals surface area contributed by atoms with Crippen molar-refractivity contribution in [1.29, 1.82) is 0 Å². The molecular formula is C21H22N2O4S. The average molecular weight is 398 g/mol. The second-order valence-electron chi connectivity index (χ2n) is 5.95. The van der Waals surface area contributed by atoms with Gasteiger partial charge in [-0.05, 0) is 18.1 Å². The zero-order chi connectivity index (χ0) is 19.9. The first-order chi connectivity index (χ1) is 13.7. The number of amides is 1. The highest BCUT2D eigenvalue weighted by atomic mass is 32.1. The Morgan fingerprint density at radius 3 is 2.43 bits per heavy atom. The van der Waals surface area contributed by atoms with Crippen LogP contribution in [-0.4, -0.2) is 32.2 Å². The van der Waals surface area contributed by atoms with Crippen molar-refractivity contribution in [2.45, 2.75) is 12.8 Å². The lowest BCUT2D eigenvalue weighted by Gasteiger charge is -2.15. The van der Waals surface area contributed by atoms with Gasteiger partial charge in [-0.15, -0.1) is 11.3 Å². The molecule has 1 amide bonds. The molecular weight excluding hydrogens is 376 g/mol. The lowest BCUT2D eigenvalue weighted by molar-refractivity contribution is -0.116. The van der Waals surface area contributed by atoms with Gasteiger partial charge in [-0.1, -0.05) is 36.4 Å². The van der Waals surface area contributed by atoms with Crippen LogP contribution in [0.3, 0.4) is 0 Å². The van der Waals surface area contributed by atoms with E-state index >= 15 is 0 Å². The Bertz CT molecular complexity index is 941. The summed E-state index contributed by atoms with van der Waals surface area (Å²) in [6.45, 7) is 0. The number of ether oxygens (including phenoxy) is 3. The molecule has 0 aliphatic heterocycles. The van der Waals surface area contributed by atoms with E-state index in [1.54, 1.807) is 21.3 Å². The smallest absolute Gasteiger partial charge is 0.226 e. The fourth-order valence-corrected chi connectivity index (χ4v) is 3.60. The molecule has 0 saturated carbocycles. The van der Waals surface area contributed by atoms with Gasteiger partial charge in [-0.2, -0.15) is 0 Å². The normalized spacial score (nSPS) is 10.4. The minimum atomic E-state index is -0.106. The van der Waals surface area contributed by atoms with E-state index in [9.17, 15) is 4.79 Å². The zero-order valence-electron chi connectivity index (χ0n) is 16.0. The van der Waals surface area contributed by atoms with Gasteiger partial charge in [0.15, 0.2) is 16.6 Å². The van der Waals surface area contributed by atoms with E-state index in [4.69, 9.17) is 14.2 Å². The summed E-state index contributed by atoms with van der Waals surface area (Å²) in [7, 11) is 4.70. The lowest BCUT2D eigenvalue weighted by Crippen LogP contribution is -2.12. The minimum Gasteiger partial charge on any atom is -0.493 e. The number of rotatable bonds is 8. The largest absolute Gasteiger partial charge is 0.493 e. The maximum atomic E-state index is 12.4. The summed E-state index contributed by atoms with van der Waals surface area (Å²) in [6, 6.07) is 13.5. The molecule has 0 aliphatic rings. The number of nitrogens with one attached hydrogen (secondary N) is 1. The van der Waals surface area contributed by atoms with Crippen LogP contribution in [0.5, 0.6) is 17.2 Å². The van der Waals surface area contributed by atoms with Crippen molar-refractivity contribution in [3.63, 3.8) is 0 Å². The van der Waals surface area contributed by atoms with Gasteiger partial charge in [-0.3, -0.25) is 4.79 Å². The Balaban J connectivity index is 1.64. The summed E-state index contributed by atoms with van der Waals surface area (Å²) < 4.78 is 16.1. The lowest BCUT2D eigenvalue weighted by atomic mass is 10.1. The van der Waals surface area contributed by atoms with Crippen molar-refractivity contribution in [1.82, 2.24) is 4.98 Å². The zero-order valence-corrected chi connectivity index (χ0v) is 16.8. The van der Waals surface area contributed by atoms with Crippen LogP contribution in [0.1, 0.15) is 12.0 Å². The van der Waals surface area contributed by atoms with E-state index in [1.807, 2.05) is 47.8 Å². The number of benzene rings is 2. The number of carbonyl (C=O) groups is 1. The molecule has 0 spiro atoms. The molecule has 0 saturated heterocycles. The van der Waals surface area contributed by atoms with E-state index in [0.29, 0.717) is 35.2 Å². The highest BCUT2D eigenvalue weighted by Crippen LogP contribution is 2.40. The van der Waals surface area contributed by atoms with Gasteiger partial charge in [-0.25, -0.2) is 4.98 Å². The molecule has 3 rings (SSSR count). The highest BCUT2D eigenvalue weighted by molar-refractivity contribution is 7.14. The van der Waals surface area contributed by atoms with Crippen LogP contribution in [0.4, 0.5) is 5.13 Å². The second-order valence-corrected chi connectivity index (χ2v) is 6.80. The maximum absolute atomic E-state index is 12.4. The van der Waals surface area contributed by atoms with Crippen LogP contribution in [0.25, 0.3) is 11.3 Å². The highest BCUT2D eigenvalue weighted by Gasteiger charge is 2.17. The fourth-order valence-electron chi connectivity index (χ4n) is 2.86. The Morgan fingerprint density at radius 2 is 1.75 bits per heavy atom. The standard InChI is InChI=1S/C21H22N2O4S/c1-25-17-11-9-15(19(26-2)20(17)27-3)10-12-18(24)23-21-22-16(13-28-21)14-7-5-4-6-8-14/h4-9,11,13H,10,12H2,1-3H3,(H,22,23,24). The van der Waals surface area contributed by atoms with E-state index < -0.39 is 0 Å². The van der Waals surface area contributed by atoms with Crippen LogP contribution < -0.4 is 19.5 Å². The van der Waals surface area contributed by atoms with Crippen LogP contribution >= 0.6 is 11.3 Å². The predicted molar refractivity (Wildman–Crippen MR) is 111 cm³/mol. The molecule has 6 nitrogen and oxygen atoms in total. The van der Waals surface area contributed by atoms with Gasteiger partial charge < -0.3 is 19.5 Å². The number of methoxy groups -OCH3 is 3. The third-order valence-corrected chi connectivity index (χ3v) is 4.98. The van der Waals surface area contributed by atoms with Gasteiger partial charge in [0.2, 0.25) is 11.7 Å². The fraction of sp³-hybridized carbons (Fsp3) is 0.238. The van der Waals surface area contributed by atoms with Gasteiger partial charge in [0, 0.05) is 17.4 Å². The van der Waals surface area contributed by atoms with E-state index in [0.717, 1.165) is 16.8 Å². The van der Waals surface area contributed by atoms with Crippen molar-refractivity contribution >= 4 is 22.4 Å². The van der Waals surface area contributed by atoms with E-state index in [-0.39, 0.29) is 5.91 Å². The first kappa shape index (κ1) is 19.7. The molecule has 0 aliphatic carbocycles. The molecule has 28 heavy (non-hydrogen) atoms. The third kappa shape index (κ3) is 4.43. The summed E-state index contributed by atoms with van der Waals surface area (Å²) in [4.78, 5) is 16.9. The average Bonchev–Trinajstić information content (AvgIpc) is 3.20. The SMILES string of the molecule is COc1ccc(CCC(=O)Nc2nc(-c3ccccc3)cs2)c(OC)c1OC. The first-order valence-corrected chi connectivity index (χ1v) is 9.63. The summed E-state index contributed by atoms with van der Waals surface area (Å²) in [6.07, 6.45) is 0.804.